The summed E-state index contributed by atoms with van der Waals surface area (Å²) in [4.78, 5) is 11.6. The molecule has 0 aromatic heterocycles. The van der Waals surface area contributed by atoms with Crippen molar-refractivity contribution in [3.05, 3.63) is 11.6 Å². The van der Waals surface area contributed by atoms with Crippen LogP contribution in [-0.2, 0) is 4.79 Å². The molecule has 13 heavy (non-hydrogen) atoms. The standard InChI is InChI=1S/C11H17NO/c1-8-7-10(8)12-11(13)9-5-3-2-4-6-9/h5,8,10H,2-4,6-7H2,1H3,(H,12,13). The third-order valence-corrected chi connectivity index (χ3v) is 3.01. The number of allylic oxidation sites excluding steroid dienone is 1. The molecule has 2 nitrogen and oxygen atoms in total. The van der Waals surface area contributed by atoms with Gasteiger partial charge in [-0.3, -0.25) is 4.79 Å². The van der Waals surface area contributed by atoms with Crippen molar-refractivity contribution in [2.75, 3.05) is 0 Å². The van der Waals surface area contributed by atoms with Gasteiger partial charge in [-0.1, -0.05) is 13.0 Å². The zero-order valence-corrected chi connectivity index (χ0v) is 8.18. The molecule has 0 heterocycles. The first-order valence-corrected chi connectivity index (χ1v) is 5.27. The lowest BCUT2D eigenvalue weighted by molar-refractivity contribution is -0.117. The molecular weight excluding hydrogens is 162 g/mol. The van der Waals surface area contributed by atoms with Gasteiger partial charge in [0.25, 0.3) is 0 Å². The van der Waals surface area contributed by atoms with Crippen LogP contribution < -0.4 is 5.32 Å². The molecule has 1 N–H and O–H groups in total. The Balaban J connectivity index is 1.85. The maximum atomic E-state index is 11.6. The average molecular weight is 179 g/mol. The number of hydrogen-bond acceptors (Lipinski definition) is 1. The smallest absolute Gasteiger partial charge is 0.247 e. The second-order valence-electron chi connectivity index (χ2n) is 4.27. The summed E-state index contributed by atoms with van der Waals surface area (Å²) in [5.74, 6) is 0.891. The third-order valence-electron chi connectivity index (χ3n) is 3.01. The van der Waals surface area contributed by atoms with Crippen molar-refractivity contribution in [2.24, 2.45) is 5.92 Å². The first-order valence-electron chi connectivity index (χ1n) is 5.27. The topological polar surface area (TPSA) is 29.1 Å². The van der Waals surface area contributed by atoms with E-state index < -0.39 is 0 Å². The zero-order chi connectivity index (χ0) is 9.26. The van der Waals surface area contributed by atoms with Crippen LogP contribution in [0.25, 0.3) is 0 Å². The molecule has 2 unspecified atom stereocenters. The molecule has 72 valence electrons. The summed E-state index contributed by atoms with van der Waals surface area (Å²) in [5.41, 5.74) is 1.02. The molecule has 2 aliphatic rings. The van der Waals surface area contributed by atoms with Crippen LogP contribution in [0.4, 0.5) is 0 Å². The summed E-state index contributed by atoms with van der Waals surface area (Å²) in [7, 11) is 0. The number of nitrogens with one attached hydrogen (secondary N) is 1. The van der Waals surface area contributed by atoms with Crippen LogP contribution in [0.2, 0.25) is 0 Å². The van der Waals surface area contributed by atoms with Crippen LogP contribution >= 0.6 is 0 Å². The molecule has 0 spiro atoms. The van der Waals surface area contributed by atoms with Gasteiger partial charge in [-0.2, -0.15) is 0 Å². The number of carbonyl (C=O) groups excluding carboxylic acids is 1. The van der Waals surface area contributed by atoms with Gasteiger partial charge in [0.05, 0.1) is 0 Å². The van der Waals surface area contributed by atoms with Crippen molar-refractivity contribution in [3.8, 4) is 0 Å². The lowest BCUT2D eigenvalue weighted by atomic mass is 9.99. The van der Waals surface area contributed by atoms with Crippen LogP contribution in [0.1, 0.15) is 39.0 Å². The van der Waals surface area contributed by atoms with Gasteiger partial charge in [-0.05, 0) is 38.0 Å². The lowest BCUT2D eigenvalue weighted by Crippen LogP contribution is -2.28. The van der Waals surface area contributed by atoms with Crippen molar-refractivity contribution < 1.29 is 4.79 Å². The molecule has 0 bridgehead atoms. The van der Waals surface area contributed by atoms with E-state index in [0.29, 0.717) is 12.0 Å². The van der Waals surface area contributed by atoms with Crippen LogP contribution in [0, 0.1) is 5.92 Å². The minimum absolute atomic E-state index is 0.189. The fraction of sp³-hybridized carbons (Fsp3) is 0.727. The lowest BCUT2D eigenvalue weighted by Gasteiger charge is -2.12. The van der Waals surface area contributed by atoms with Gasteiger partial charge >= 0.3 is 0 Å². The average Bonchev–Trinajstić information content (AvgIpc) is 2.83. The molecular formula is C11H17NO. The molecule has 0 aromatic carbocycles. The zero-order valence-electron chi connectivity index (χ0n) is 8.18. The molecule has 1 fully saturated rings. The molecule has 0 aromatic rings. The summed E-state index contributed by atoms with van der Waals surface area (Å²) >= 11 is 0. The van der Waals surface area contributed by atoms with E-state index >= 15 is 0 Å². The van der Waals surface area contributed by atoms with E-state index in [1.165, 1.54) is 19.3 Å². The minimum atomic E-state index is 0.189. The van der Waals surface area contributed by atoms with Crippen molar-refractivity contribution in [1.29, 1.82) is 0 Å². The Morgan fingerprint density at radius 1 is 1.54 bits per heavy atom. The maximum Gasteiger partial charge on any atom is 0.247 e. The Bertz CT molecular complexity index is 244. The number of rotatable bonds is 2. The highest BCUT2D eigenvalue weighted by Crippen LogP contribution is 2.29. The summed E-state index contributed by atoms with van der Waals surface area (Å²) < 4.78 is 0. The Morgan fingerprint density at radius 3 is 2.85 bits per heavy atom. The Kier molecular flexibility index (Phi) is 2.38. The van der Waals surface area contributed by atoms with Crippen molar-refractivity contribution in [1.82, 2.24) is 5.32 Å². The monoisotopic (exact) mass is 179 g/mol. The molecule has 0 aliphatic heterocycles. The van der Waals surface area contributed by atoms with Crippen molar-refractivity contribution in [2.45, 2.75) is 45.1 Å². The normalized spacial score (nSPS) is 32.2. The fourth-order valence-corrected chi connectivity index (χ4v) is 1.83. The second kappa shape index (κ2) is 3.52. The molecule has 2 aliphatic carbocycles. The Hall–Kier alpha value is -0.790. The quantitative estimate of drug-likeness (QED) is 0.690. The van der Waals surface area contributed by atoms with Gasteiger partial charge < -0.3 is 5.32 Å². The van der Waals surface area contributed by atoms with Crippen molar-refractivity contribution in [3.63, 3.8) is 0 Å². The Labute approximate surface area is 79.4 Å². The van der Waals surface area contributed by atoms with Crippen LogP contribution in [0.5, 0.6) is 0 Å². The van der Waals surface area contributed by atoms with Gasteiger partial charge in [-0.15, -0.1) is 0 Å². The predicted octanol–water partition coefficient (Wildman–Crippen LogP) is 2.01. The van der Waals surface area contributed by atoms with E-state index in [-0.39, 0.29) is 5.91 Å². The van der Waals surface area contributed by atoms with E-state index in [2.05, 4.69) is 18.3 Å². The number of hydrogen-bond donors (Lipinski definition) is 1. The van der Waals surface area contributed by atoms with Gasteiger partial charge in [0.1, 0.15) is 0 Å². The molecule has 2 atom stereocenters. The highest BCUT2D eigenvalue weighted by atomic mass is 16.1. The highest BCUT2D eigenvalue weighted by Gasteiger charge is 2.34. The largest absolute Gasteiger partial charge is 0.349 e. The number of amides is 1. The van der Waals surface area contributed by atoms with E-state index in [0.717, 1.165) is 18.4 Å². The van der Waals surface area contributed by atoms with E-state index in [1.807, 2.05) is 0 Å². The van der Waals surface area contributed by atoms with E-state index in [1.54, 1.807) is 0 Å². The van der Waals surface area contributed by atoms with E-state index in [4.69, 9.17) is 0 Å². The maximum absolute atomic E-state index is 11.6. The predicted molar refractivity (Wildman–Crippen MR) is 52.3 cm³/mol. The molecule has 2 rings (SSSR count). The first kappa shape index (κ1) is 8.79. The van der Waals surface area contributed by atoms with Gasteiger partial charge in [0.15, 0.2) is 0 Å². The molecule has 2 heteroatoms. The van der Waals surface area contributed by atoms with Crippen LogP contribution in [0.3, 0.4) is 0 Å². The molecule has 1 saturated carbocycles. The fourth-order valence-electron chi connectivity index (χ4n) is 1.83. The SMILES string of the molecule is CC1CC1NC(=O)C1=CCCCC1. The summed E-state index contributed by atoms with van der Waals surface area (Å²) in [6.45, 7) is 2.18. The highest BCUT2D eigenvalue weighted by molar-refractivity contribution is 5.93. The third kappa shape index (κ3) is 2.11. The minimum Gasteiger partial charge on any atom is -0.349 e. The Morgan fingerprint density at radius 2 is 2.31 bits per heavy atom. The van der Waals surface area contributed by atoms with Gasteiger partial charge in [0, 0.05) is 11.6 Å². The van der Waals surface area contributed by atoms with Gasteiger partial charge in [-0.25, -0.2) is 0 Å². The molecule has 0 radical (unpaired) electrons. The number of carbonyl (C=O) groups is 1. The molecule has 0 saturated heterocycles. The van der Waals surface area contributed by atoms with Crippen LogP contribution in [0.15, 0.2) is 11.6 Å². The summed E-state index contributed by atoms with van der Waals surface area (Å²) in [6.07, 6.45) is 7.76. The summed E-state index contributed by atoms with van der Waals surface area (Å²) in [6, 6.07) is 0.468. The first-order chi connectivity index (χ1) is 6.27. The molecule has 1 amide bonds. The van der Waals surface area contributed by atoms with E-state index in [9.17, 15) is 4.79 Å². The van der Waals surface area contributed by atoms with Gasteiger partial charge in [0.2, 0.25) is 5.91 Å². The summed E-state index contributed by atoms with van der Waals surface area (Å²) in [5, 5.41) is 3.07. The van der Waals surface area contributed by atoms with Crippen molar-refractivity contribution >= 4 is 5.91 Å². The van der Waals surface area contributed by atoms with Crippen LogP contribution in [-0.4, -0.2) is 11.9 Å². The second-order valence-corrected chi connectivity index (χ2v) is 4.27.